The Morgan fingerprint density at radius 3 is 2.76 bits per heavy atom. The van der Waals surface area contributed by atoms with Crippen LogP contribution in [-0.4, -0.2) is 32.9 Å². The number of nitrogens with zero attached hydrogens (tertiary/aromatic N) is 1. The van der Waals surface area contributed by atoms with E-state index >= 15 is 0 Å². The van der Waals surface area contributed by atoms with Crippen LogP contribution in [0.3, 0.4) is 0 Å². The second kappa shape index (κ2) is 11.1. The van der Waals surface area contributed by atoms with Gasteiger partial charge >= 0.3 is 231 Å². The van der Waals surface area contributed by atoms with Crippen molar-refractivity contribution in [2.45, 2.75) is 121 Å². The van der Waals surface area contributed by atoms with Crippen LogP contribution in [0.5, 0.6) is 0 Å². The molecule has 1 aromatic carbocycles. The maximum atomic E-state index is 12.7. The molecule has 3 nitrogen and oxygen atoms in total. The van der Waals surface area contributed by atoms with Crippen LogP contribution in [0.2, 0.25) is 0 Å². The van der Waals surface area contributed by atoms with E-state index in [1.807, 2.05) is 12.3 Å². The first kappa shape index (κ1) is 27.9. The minimum atomic E-state index is -2.43. The van der Waals surface area contributed by atoms with E-state index in [9.17, 15) is 4.89 Å². The number of hydrogen-bond acceptors (Lipinski definition) is 4. The molecule has 5 rings (SSSR count). The van der Waals surface area contributed by atoms with Gasteiger partial charge in [0.05, 0.1) is 0 Å². The Labute approximate surface area is 230 Å². The van der Waals surface area contributed by atoms with E-state index < -0.39 is 7.49 Å². The molecule has 5 heteroatoms. The molecule has 3 heterocycles. The van der Waals surface area contributed by atoms with Crippen LogP contribution in [0.25, 0.3) is 10.9 Å². The van der Waals surface area contributed by atoms with Gasteiger partial charge in [-0.1, -0.05) is 0 Å². The van der Waals surface area contributed by atoms with Crippen LogP contribution in [-0.2, 0) is 0 Å². The first-order valence-electron chi connectivity index (χ1n) is 15.2. The van der Waals surface area contributed by atoms with Gasteiger partial charge in [0.25, 0.3) is 0 Å². The van der Waals surface area contributed by atoms with Crippen LogP contribution < -0.4 is 4.72 Å². The van der Waals surface area contributed by atoms with Crippen molar-refractivity contribution in [3.63, 3.8) is 0 Å². The van der Waals surface area contributed by atoms with Gasteiger partial charge in [-0.15, -0.1) is 0 Å². The van der Waals surface area contributed by atoms with Gasteiger partial charge in [-0.25, -0.2) is 0 Å². The van der Waals surface area contributed by atoms with Crippen LogP contribution in [0.1, 0.15) is 98.8 Å². The SMILES string of the molecule is CC[C@H]1CC(C)[PH]2(O)CCC([C@H](C)NSc3ccc4ncccc4c3)C2(C)CCCC2(C)CCCCC12. The third-order valence-corrected chi connectivity index (χ3v) is 18.1. The van der Waals surface area contributed by atoms with Crippen molar-refractivity contribution in [1.82, 2.24) is 9.71 Å². The molecule has 37 heavy (non-hydrogen) atoms. The van der Waals surface area contributed by atoms with Gasteiger partial charge in [-0.2, -0.15) is 0 Å². The average molecular weight is 543 g/mol. The molecule has 3 fully saturated rings. The number of fused-ring (bicyclic) bond motifs is 3. The standard InChI is InChI=1S/C32H51N2OPS/c1-6-25-21-23(2)36(35)20-15-28(32(36,5)18-10-17-31(4)16-8-7-12-29(25)31)24(3)34-37-27-13-14-30-26(22-27)11-9-19-33-30/h9,11,13-14,19,22-25,28-29,34-36H,6-8,10,12,15-18,20-21H2,1-5H3/t23?,24-,25-,28?,29?,31?,32?/m0/s1. The fourth-order valence-corrected chi connectivity index (χ4v) is 15.4. The predicted octanol–water partition coefficient (Wildman–Crippen LogP) is 8.84. The quantitative estimate of drug-likeness (QED) is 0.293. The summed E-state index contributed by atoms with van der Waals surface area (Å²) in [5.41, 5.74) is 2.05. The summed E-state index contributed by atoms with van der Waals surface area (Å²) >= 11 is 1.76. The van der Waals surface area contributed by atoms with Gasteiger partial charge in [-0.05, 0) is 0 Å². The Bertz CT molecular complexity index is 1080. The summed E-state index contributed by atoms with van der Waals surface area (Å²) in [5.74, 6) is 2.18. The minimum absolute atomic E-state index is 0.0862. The molecular formula is C32H51N2OPS. The monoisotopic (exact) mass is 542 g/mol. The molecule has 2 saturated heterocycles. The van der Waals surface area contributed by atoms with Gasteiger partial charge in [0, 0.05) is 0 Å². The fourth-order valence-electron chi connectivity index (χ4n) is 9.34. The topological polar surface area (TPSA) is 45.1 Å². The summed E-state index contributed by atoms with van der Waals surface area (Å²) in [6.45, 7) is 12.4. The Morgan fingerprint density at radius 1 is 1.14 bits per heavy atom. The zero-order valence-corrected chi connectivity index (χ0v) is 25.7. The summed E-state index contributed by atoms with van der Waals surface area (Å²) in [6, 6.07) is 11.1. The zero-order chi connectivity index (χ0) is 26.3. The molecule has 0 radical (unpaired) electrons. The van der Waals surface area contributed by atoms with E-state index in [1.54, 1.807) is 11.9 Å². The van der Waals surface area contributed by atoms with E-state index in [1.165, 1.54) is 74.5 Å². The number of rotatable bonds is 5. The number of hydrogen-bond donors (Lipinski definition) is 2. The van der Waals surface area contributed by atoms with Crippen LogP contribution >= 0.6 is 19.4 Å². The molecule has 1 saturated carbocycles. The van der Waals surface area contributed by atoms with Gasteiger partial charge in [0.2, 0.25) is 0 Å². The van der Waals surface area contributed by atoms with Gasteiger partial charge in [0.15, 0.2) is 0 Å². The van der Waals surface area contributed by atoms with Crippen molar-refractivity contribution in [3.05, 3.63) is 36.5 Å². The van der Waals surface area contributed by atoms with Gasteiger partial charge < -0.3 is 0 Å². The first-order chi connectivity index (χ1) is 17.7. The Hall–Kier alpha value is -0.670. The summed E-state index contributed by atoms with van der Waals surface area (Å²) in [4.78, 5) is 18.4. The molecule has 0 amide bonds. The summed E-state index contributed by atoms with van der Waals surface area (Å²) in [6.07, 6.45) is 16.2. The first-order valence-corrected chi connectivity index (χ1v) is 18.2. The molecule has 7 atom stereocenters. The molecular weight excluding hydrogens is 491 g/mol. The Balaban J connectivity index is 1.35. The van der Waals surface area contributed by atoms with Crippen molar-refractivity contribution in [3.8, 4) is 0 Å². The van der Waals surface area contributed by atoms with Crippen LogP contribution in [0.4, 0.5) is 0 Å². The summed E-state index contributed by atoms with van der Waals surface area (Å²) in [7, 11) is -2.43. The summed E-state index contributed by atoms with van der Waals surface area (Å²) in [5, 5.41) is 1.28. The maximum absolute atomic E-state index is 12.7. The van der Waals surface area contributed by atoms with Crippen molar-refractivity contribution < 1.29 is 4.89 Å². The van der Waals surface area contributed by atoms with E-state index in [4.69, 9.17) is 0 Å². The predicted molar refractivity (Wildman–Crippen MR) is 164 cm³/mol. The molecule has 2 N–H and O–H groups in total. The van der Waals surface area contributed by atoms with Crippen molar-refractivity contribution in [2.24, 2.45) is 23.2 Å². The molecule has 206 valence electrons. The van der Waals surface area contributed by atoms with Gasteiger partial charge in [-0.3, -0.25) is 0 Å². The second-order valence-electron chi connectivity index (χ2n) is 13.5. The third-order valence-electron chi connectivity index (χ3n) is 11.6. The third kappa shape index (κ3) is 5.15. The fraction of sp³-hybridized carbons (Fsp3) is 0.719. The normalized spacial score (nSPS) is 37.9. The van der Waals surface area contributed by atoms with E-state index in [0.717, 1.165) is 23.5 Å². The average Bonchev–Trinajstić information content (AvgIpc) is 3.17. The Kier molecular flexibility index (Phi) is 8.34. The second-order valence-corrected chi connectivity index (χ2v) is 18.9. The molecule has 2 aromatic rings. The van der Waals surface area contributed by atoms with Gasteiger partial charge in [0.1, 0.15) is 0 Å². The van der Waals surface area contributed by atoms with E-state index in [0.29, 0.717) is 23.0 Å². The summed E-state index contributed by atoms with van der Waals surface area (Å²) < 4.78 is 3.84. The number of nitrogens with one attached hydrogen (secondary N) is 1. The molecule has 0 bridgehead atoms. The van der Waals surface area contributed by atoms with Crippen molar-refractivity contribution in [1.29, 1.82) is 0 Å². The van der Waals surface area contributed by atoms with Crippen molar-refractivity contribution >= 4 is 30.3 Å². The van der Waals surface area contributed by atoms with Crippen molar-refractivity contribution in [2.75, 3.05) is 6.16 Å². The van der Waals surface area contributed by atoms with E-state index in [-0.39, 0.29) is 5.16 Å². The Morgan fingerprint density at radius 2 is 1.95 bits per heavy atom. The molecule has 2 aliphatic heterocycles. The van der Waals surface area contributed by atoms with E-state index in [2.05, 4.69) is 68.6 Å². The molecule has 1 aromatic heterocycles. The number of benzene rings is 1. The molecule has 1 aliphatic carbocycles. The number of pyridine rings is 1. The van der Waals surface area contributed by atoms with Crippen LogP contribution in [0.15, 0.2) is 41.4 Å². The molecule has 3 aliphatic rings. The van der Waals surface area contributed by atoms with Crippen LogP contribution in [0, 0.1) is 23.2 Å². The zero-order valence-electron chi connectivity index (χ0n) is 23.9. The number of aromatic nitrogens is 1. The molecule has 0 spiro atoms. The molecule has 5 unspecified atom stereocenters.